The van der Waals surface area contributed by atoms with Crippen LogP contribution in [-0.2, 0) is 24.2 Å². The molecule has 0 aromatic carbocycles. The van der Waals surface area contributed by atoms with E-state index in [0.717, 1.165) is 24.1 Å². The Kier molecular flexibility index (Phi) is 8.75. The van der Waals surface area contributed by atoms with Crippen molar-refractivity contribution in [3.8, 4) is 0 Å². The molecule has 0 bridgehead atoms. The number of aliphatic imine (C=N–C) groups is 1. The van der Waals surface area contributed by atoms with Gasteiger partial charge in [-0.05, 0) is 51.2 Å². The third kappa shape index (κ3) is 5.56. The number of rotatable bonds is 7. The Morgan fingerprint density at radius 2 is 1.61 bits per heavy atom. The number of fused-ring (bicyclic) bond motifs is 1. The number of carbonyl (C=O) groups excluding carboxylic acids is 2. The zero-order valence-electron chi connectivity index (χ0n) is 22.4. The molecule has 0 aliphatic carbocycles. The highest BCUT2D eigenvalue weighted by atomic mass is 16.6. The van der Waals surface area contributed by atoms with Gasteiger partial charge in [-0.3, -0.25) is 23.7 Å². The fraction of sp³-hybridized carbons (Fsp3) is 0.556. The van der Waals surface area contributed by atoms with Gasteiger partial charge in [-0.1, -0.05) is 13.8 Å². The molecule has 0 radical (unpaired) electrons. The number of carbonyl (C=O) groups is 2. The van der Waals surface area contributed by atoms with Crippen molar-refractivity contribution in [1.82, 2.24) is 23.9 Å². The highest BCUT2D eigenvalue weighted by Crippen LogP contribution is 2.24. The first-order valence-corrected chi connectivity index (χ1v) is 13.5. The zero-order valence-corrected chi connectivity index (χ0v) is 22.4. The van der Waals surface area contributed by atoms with Crippen LogP contribution in [0.15, 0.2) is 32.9 Å². The molecule has 0 spiro atoms. The summed E-state index contributed by atoms with van der Waals surface area (Å²) < 4.78 is 8.00. The zero-order chi connectivity index (χ0) is 27.2. The van der Waals surface area contributed by atoms with Crippen LogP contribution in [0, 0.1) is 0 Å². The monoisotopic (exact) mass is 524 g/mol. The van der Waals surface area contributed by atoms with Gasteiger partial charge in [0.15, 0.2) is 0 Å². The number of nitrogens with zero attached hydrogens (tertiary/aromatic N) is 6. The summed E-state index contributed by atoms with van der Waals surface area (Å²) in [6.07, 6.45) is 4.63. The van der Waals surface area contributed by atoms with Gasteiger partial charge in [0.2, 0.25) is 0 Å². The number of pyridine rings is 1. The molecular weight excluding hydrogens is 488 g/mol. The van der Waals surface area contributed by atoms with E-state index in [0.29, 0.717) is 82.2 Å². The van der Waals surface area contributed by atoms with E-state index in [1.54, 1.807) is 33.6 Å². The Balaban J connectivity index is 1.57. The predicted octanol–water partition coefficient (Wildman–Crippen LogP) is 2.60. The second kappa shape index (κ2) is 12.2. The largest absolute Gasteiger partial charge is 0.450 e. The minimum Gasteiger partial charge on any atom is -0.450 e. The first kappa shape index (κ1) is 27.3. The Labute approximate surface area is 221 Å². The summed E-state index contributed by atoms with van der Waals surface area (Å²) in [5, 5.41) is 0. The summed E-state index contributed by atoms with van der Waals surface area (Å²) in [5.41, 5.74) is 1.85. The molecule has 1 saturated heterocycles. The number of amides is 2. The molecule has 2 aliphatic rings. The third-order valence-electron chi connectivity index (χ3n) is 6.88. The van der Waals surface area contributed by atoms with Crippen LogP contribution in [0.1, 0.15) is 68.1 Å². The predicted molar refractivity (Wildman–Crippen MR) is 143 cm³/mol. The molecule has 11 nitrogen and oxygen atoms in total. The van der Waals surface area contributed by atoms with E-state index in [2.05, 4.69) is 4.98 Å². The second-order valence-corrected chi connectivity index (χ2v) is 9.52. The van der Waals surface area contributed by atoms with Crippen molar-refractivity contribution >= 4 is 23.5 Å². The van der Waals surface area contributed by atoms with Gasteiger partial charge in [0.05, 0.1) is 17.9 Å². The van der Waals surface area contributed by atoms with Crippen molar-refractivity contribution in [2.75, 3.05) is 32.8 Å². The fourth-order valence-electron chi connectivity index (χ4n) is 4.92. The standard InChI is InChI=1S/C27H36N6O5/c1-4-12-32-23-20(24(34)33(13-5-2)26(32)36)8-7-9-21(29-23)19-10-11-22(28-18-19)25(35)30-14-16-31(17-15-30)27(37)38-6-3/h10-11,18H,4-9,12-17H2,1-3H3. The van der Waals surface area contributed by atoms with E-state index < -0.39 is 0 Å². The summed E-state index contributed by atoms with van der Waals surface area (Å²) in [4.78, 5) is 63.7. The lowest BCUT2D eigenvalue weighted by molar-refractivity contribution is 0.0566. The minimum atomic E-state index is -0.360. The van der Waals surface area contributed by atoms with E-state index in [1.807, 2.05) is 19.9 Å². The number of hydrogen-bond donors (Lipinski definition) is 0. The SMILES string of the molecule is CCCn1c2c(c(=O)n(CCC)c1=O)CCCC(c1ccc(C(=O)N3CCN(C(=O)OCC)CC3)nc1)=N2. The molecule has 0 saturated carbocycles. The second-order valence-electron chi connectivity index (χ2n) is 9.52. The van der Waals surface area contributed by atoms with Gasteiger partial charge in [0.1, 0.15) is 11.5 Å². The quantitative estimate of drug-likeness (QED) is 0.549. The van der Waals surface area contributed by atoms with Crippen LogP contribution >= 0.6 is 0 Å². The summed E-state index contributed by atoms with van der Waals surface area (Å²) in [6, 6.07) is 3.50. The van der Waals surface area contributed by atoms with Gasteiger partial charge in [-0.25, -0.2) is 14.6 Å². The highest BCUT2D eigenvalue weighted by Gasteiger charge is 2.27. The van der Waals surface area contributed by atoms with Gasteiger partial charge in [0.25, 0.3) is 11.5 Å². The molecule has 0 N–H and O–H groups in total. The Morgan fingerprint density at radius 1 is 0.921 bits per heavy atom. The number of piperazine rings is 1. The van der Waals surface area contributed by atoms with Gasteiger partial charge < -0.3 is 14.5 Å². The van der Waals surface area contributed by atoms with Crippen molar-refractivity contribution in [3.63, 3.8) is 0 Å². The Bertz CT molecular complexity index is 1320. The minimum absolute atomic E-state index is 0.193. The molecular formula is C27H36N6O5. The van der Waals surface area contributed by atoms with E-state index in [4.69, 9.17) is 9.73 Å². The molecule has 4 rings (SSSR count). The number of ether oxygens (including phenoxy) is 1. The van der Waals surface area contributed by atoms with Gasteiger partial charge in [-0.15, -0.1) is 0 Å². The topological polar surface area (TPSA) is 119 Å². The van der Waals surface area contributed by atoms with Gasteiger partial charge in [-0.2, -0.15) is 0 Å². The third-order valence-corrected chi connectivity index (χ3v) is 6.88. The molecule has 0 unspecified atom stereocenters. The van der Waals surface area contributed by atoms with Crippen molar-refractivity contribution in [1.29, 1.82) is 0 Å². The van der Waals surface area contributed by atoms with Crippen LogP contribution in [0.3, 0.4) is 0 Å². The molecule has 2 amide bonds. The van der Waals surface area contributed by atoms with Crippen LogP contribution in [-0.4, -0.2) is 74.4 Å². The molecule has 38 heavy (non-hydrogen) atoms. The molecule has 2 aromatic rings. The first-order valence-electron chi connectivity index (χ1n) is 13.5. The van der Waals surface area contributed by atoms with Crippen molar-refractivity contribution in [2.24, 2.45) is 4.99 Å². The van der Waals surface area contributed by atoms with E-state index in [1.165, 1.54) is 4.57 Å². The summed E-state index contributed by atoms with van der Waals surface area (Å²) in [5.74, 6) is 0.253. The average molecular weight is 525 g/mol. The smallest absolute Gasteiger partial charge is 0.409 e. The maximum Gasteiger partial charge on any atom is 0.409 e. The lowest BCUT2D eigenvalue weighted by Crippen LogP contribution is -2.50. The maximum absolute atomic E-state index is 13.1. The van der Waals surface area contributed by atoms with Crippen LogP contribution < -0.4 is 11.2 Å². The van der Waals surface area contributed by atoms with Gasteiger partial charge in [0, 0.05) is 51.0 Å². The molecule has 1 fully saturated rings. The Morgan fingerprint density at radius 3 is 2.24 bits per heavy atom. The maximum atomic E-state index is 13.1. The lowest BCUT2D eigenvalue weighted by Gasteiger charge is -2.33. The van der Waals surface area contributed by atoms with E-state index in [-0.39, 0.29) is 23.2 Å². The molecule has 0 atom stereocenters. The summed E-state index contributed by atoms with van der Waals surface area (Å²) in [6.45, 7) is 8.55. The van der Waals surface area contributed by atoms with Crippen LogP contribution in [0.25, 0.3) is 0 Å². The van der Waals surface area contributed by atoms with Crippen molar-refractivity contribution < 1.29 is 14.3 Å². The van der Waals surface area contributed by atoms with Crippen LogP contribution in [0.2, 0.25) is 0 Å². The van der Waals surface area contributed by atoms with Gasteiger partial charge >= 0.3 is 11.8 Å². The normalized spacial score (nSPS) is 15.5. The van der Waals surface area contributed by atoms with Crippen LogP contribution in [0.4, 0.5) is 10.6 Å². The summed E-state index contributed by atoms with van der Waals surface area (Å²) >= 11 is 0. The van der Waals surface area contributed by atoms with Crippen molar-refractivity contribution in [2.45, 2.75) is 66.0 Å². The average Bonchev–Trinajstić information content (AvgIpc) is 3.17. The highest BCUT2D eigenvalue weighted by molar-refractivity contribution is 6.02. The number of aromatic nitrogens is 3. The molecule has 2 aromatic heterocycles. The van der Waals surface area contributed by atoms with Crippen LogP contribution in [0.5, 0.6) is 0 Å². The molecule has 11 heteroatoms. The fourth-order valence-corrected chi connectivity index (χ4v) is 4.92. The molecule has 2 aliphatic heterocycles. The first-order chi connectivity index (χ1) is 18.4. The van der Waals surface area contributed by atoms with E-state index in [9.17, 15) is 19.2 Å². The molecule has 4 heterocycles. The van der Waals surface area contributed by atoms with Crippen molar-refractivity contribution in [3.05, 3.63) is 56.0 Å². The Hall–Kier alpha value is -3.76. The van der Waals surface area contributed by atoms with E-state index >= 15 is 0 Å². The molecule has 204 valence electrons. The summed E-state index contributed by atoms with van der Waals surface area (Å²) in [7, 11) is 0. The number of hydrogen-bond acceptors (Lipinski definition) is 7. The lowest BCUT2D eigenvalue weighted by atomic mass is 10.1.